The first kappa shape index (κ1) is 14.9. The first-order chi connectivity index (χ1) is 7.66. The van der Waals surface area contributed by atoms with Crippen LogP contribution in [-0.4, -0.2) is 35.1 Å². The summed E-state index contributed by atoms with van der Waals surface area (Å²) in [6, 6.07) is 5.72. The Morgan fingerprint density at radius 2 is 1.47 bits per heavy atom. The maximum absolute atomic E-state index is 10.5. The lowest BCUT2D eigenvalue weighted by molar-refractivity contribution is -0.159. The highest BCUT2D eigenvalue weighted by molar-refractivity contribution is 7.86. The summed E-state index contributed by atoms with van der Waals surface area (Å²) in [6.45, 7) is 0. The number of carbonyl (C=O) groups is 2. The molecule has 1 aromatic rings. The molecule has 0 amide bonds. The Balaban J connectivity index is 0.000000366. The van der Waals surface area contributed by atoms with Crippen LogP contribution in [0.25, 0.3) is 0 Å². The van der Waals surface area contributed by atoms with Crippen LogP contribution in [-0.2, 0) is 19.7 Å². The summed E-state index contributed by atoms with van der Waals surface area (Å²) in [5.41, 5.74) is 5.32. The molecule has 94 valence electrons. The molecule has 0 heterocycles. The van der Waals surface area contributed by atoms with Gasteiger partial charge in [-0.05, 0) is 12.1 Å². The minimum absolute atomic E-state index is 0.0509. The smallest absolute Gasteiger partial charge is 0.414 e. The second-order valence-corrected chi connectivity index (χ2v) is 4.01. The fourth-order valence-electron chi connectivity index (χ4n) is 0.715. The van der Waals surface area contributed by atoms with E-state index in [4.69, 9.17) is 30.1 Å². The lowest BCUT2D eigenvalue weighted by atomic mass is 10.3. The predicted octanol–water partition coefficient (Wildman–Crippen LogP) is -0.329. The van der Waals surface area contributed by atoms with E-state index < -0.39 is 22.1 Å². The number of nitrogens with two attached hydrogens (primary N) is 1. The minimum atomic E-state index is -4.16. The predicted molar refractivity (Wildman–Crippen MR) is 55.9 cm³/mol. The maximum Gasteiger partial charge on any atom is 0.414 e. The van der Waals surface area contributed by atoms with Crippen LogP contribution in [0.15, 0.2) is 29.2 Å². The molecule has 1 aromatic carbocycles. The number of carboxylic acid groups (broad SMARTS) is 2. The molecule has 0 saturated heterocycles. The fourth-order valence-corrected chi connectivity index (χ4v) is 1.33. The molecule has 8 nitrogen and oxygen atoms in total. The van der Waals surface area contributed by atoms with Gasteiger partial charge in [0.1, 0.15) is 4.90 Å². The monoisotopic (exact) mass is 263 g/mol. The van der Waals surface area contributed by atoms with Crippen LogP contribution in [0, 0.1) is 0 Å². The Morgan fingerprint density at radius 3 is 1.71 bits per heavy atom. The number of hydrogen-bond acceptors (Lipinski definition) is 5. The normalized spacial score (nSPS) is 9.94. The van der Waals surface area contributed by atoms with Gasteiger partial charge in [0.15, 0.2) is 0 Å². The van der Waals surface area contributed by atoms with Gasteiger partial charge in [0, 0.05) is 0 Å². The van der Waals surface area contributed by atoms with Gasteiger partial charge in [0.05, 0.1) is 5.69 Å². The number of nitrogen functional groups attached to an aromatic ring is 1. The van der Waals surface area contributed by atoms with Crippen molar-refractivity contribution in [2.45, 2.75) is 4.90 Å². The average Bonchev–Trinajstić information content (AvgIpc) is 2.17. The number of hydrogen-bond donors (Lipinski definition) is 4. The summed E-state index contributed by atoms with van der Waals surface area (Å²) < 4.78 is 29.6. The summed E-state index contributed by atoms with van der Waals surface area (Å²) in [4.78, 5) is 17.9. The number of rotatable bonds is 1. The molecule has 9 heteroatoms. The summed E-state index contributed by atoms with van der Waals surface area (Å²) >= 11 is 0. The maximum atomic E-state index is 10.5. The van der Waals surface area contributed by atoms with Crippen LogP contribution in [0.1, 0.15) is 0 Å². The molecule has 0 aliphatic rings. The number of para-hydroxylation sites is 1. The van der Waals surface area contributed by atoms with Gasteiger partial charge in [0.2, 0.25) is 0 Å². The van der Waals surface area contributed by atoms with E-state index in [2.05, 4.69) is 0 Å². The van der Waals surface area contributed by atoms with E-state index in [1.165, 1.54) is 18.2 Å². The number of benzene rings is 1. The van der Waals surface area contributed by atoms with E-state index in [0.717, 1.165) is 0 Å². The van der Waals surface area contributed by atoms with Crippen LogP contribution in [0.5, 0.6) is 0 Å². The molecule has 0 unspecified atom stereocenters. The molecular weight excluding hydrogens is 254 g/mol. The molecule has 17 heavy (non-hydrogen) atoms. The molecule has 1 rings (SSSR count). The third kappa shape index (κ3) is 5.49. The number of aliphatic carboxylic acids is 2. The van der Waals surface area contributed by atoms with Crippen molar-refractivity contribution in [2.75, 3.05) is 5.73 Å². The van der Waals surface area contributed by atoms with Crippen LogP contribution in [0.4, 0.5) is 5.69 Å². The van der Waals surface area contributed by atoms with Gasteiger partial charge in [-0.3, -0.25) is 4.55 Å². The molecule has 0 radical (unpaired) electrons. The van der Waals surface area contributed by atoms with Crippen LogP contribution in [0.2, 0.25) is 0 Å². The van der Waals surface area contributed by atoms with E-state index in [1.54, 1.807) is 6.07 Å². The van der Waals surface area contributed by atoms with E-state index in [1.807, 2.05) is 0 Å². The molecule has 5 N–H and O–H groups in total. The molecule has 0 fully saturated rings. The first-order valence-electron chi connectivity index (χ1n) is 3.94. The van der Waals surface area contributed by atoms with Crippen molar-refractivity contribution in [1.82, 2.24) is 0 Å². The highest BCUT2D eigenvalue weighted by Gasteiger charge is 2.11. The van der Waals surface area contributed by atoms with Crippen LogP contribution in [0.3, 0.4) is 0 Å². The quantitative estimate of drug-likeness (QED) is 0.305. The first-order valence-corrected chi connectivity index (χ1v) is 5.38. The molecule has 0 aromatic heterocycles. The van der Waals surface area contributed by atoms with Gasteiger partial charge in [-0.1, -0.05) is 12.1 Å². The van der Waals surface area contributed by atoms with E-state index >= 15 is 0 Å². The highest BCUT2D eigenvalue weighted by Crippen LogP contribution is 2.15. The van der Waals surface area contributed by atoms with Gasteiger partial charge in [-0.15, -0.1) is 0 Å². The molecular formula is C8H9NO7S. The SMILES string of the molecule is Nc1ccccc1S(=O)(=O)O.O=C(O)C(=O)O. The van der Waals surface area contributed by atoms with Crippen molar-refractivity contribution in [1.29, 1.82) is 0 Å². The number of anilines is 1. The van der Waals surface area contributed by atoms with Crippen molar-refractivity contribution in [3.8, 4) is 0 Å². The Bertz CT molecular complexity index is 510. The van der Waals surface area contributed by atoms with Gasteiger partial charge >= 0.3 is 11.9 Å². The standard InChI is InChI=1S/C6H7NO3S.C2H2O4/c7-5-3-1-2-4-6(5)11(8,9)10;3-1(4)2(5)6/h1-4H,7H2,(H,8,9,10);(H,3,4)(H,5,6). The average molecular weight is 263 g/mol. The molecule has 0 aliphatic carbocycles. The van der Waals surface area contributed by atoms with Crippen molar-refractivity contribution < 1.29 is 32.8 Å². The Hall–Kier alpha value is -2.13. The van der Waals surface area contributed by atoms with E-state index in [0.29, 0.717) is 0 Å². The molecule has 0 atom stereocenters. The van der Waals surface area contributed by atoms with Gasteiger partial charge < -0.3 is 15.9 Å². The third-order valence-corrected chi connectivity index (χ3v) is 2.31. The van der Waals surface area contributed by atoms with Crippen molar-refractivity contribution >= 4 is 27.7 Å². The zero-order valence-corrected chi connectivity index (χ0v) is 9.09. The van der Waals surface area contributed by atoms with Crippen LogP contribution >= 0.6 is 0 Å². The zero-order valence-electron chi connectivity index (χ0n) is 8.27. The third-order valence-electron chi connectivity index (χ3n) is 1.38. The second-order valence-electron chi connectivity index (χ2n) is 2.62. The van der Waals surface area contributed by atoms with Crippen molar-refractivity contribution in [3.63, 3.8) is 0 Å². The van der Waals surface area contributed by atoms with Crippen LogP contribution < -0.4 is 5.73 Å². The number of carboxylic acids is 2. The lowest BCUT2D eigenvalue weighted by Gasteiger charge is -1.98. The zero-order chi connectivity index (χ0) is 13.6. The Labute approximate surface area is 96.0 Å². The molecule has 0 bridgehead atoms. The van der Waals surface area contributed by atoms with Crippen molar-refractivity contribution in [2.24, 2.45) is 0 Å². The molecule has 0 spiro atoms. The summed E-state index contributed by atoms with van der Waals surface area (Å²) in [5, 5.41) is 14.8. The minimum Gasteiger partial charge on any atom is -0.473 e. The molecule has 0 aliphatic heterocycles. The Morgan fingerprint density at radius 1 is 1.06 bits per heavy atom. The highest BCUT2D eigenvalue weighted by atomic mass is 32.2. The summed E-state index contributed by atoms with van der Waals surface area (Å²) in [6.07, 6.45) is 0. The fraction of sp³-hybridized carbons (Fsp3) is 0. The molecule has 0 saturated carbocycles. The van der Waals surface area contributed by atoms with E-state index in [-0.39, 0.29) is 10.6 Å². The Kier molecular flexibility index (Phi) is 5.09. The second kappa shape index (κ2) is 5.82. The lowest BCUT2D eigenvalue weighted by Crippen LogP contribution is -2.09. The summed E-state index contributed by atoms with van der Waals surface area (Å²) in [7, 11) is -4.16. The van der Waals surface area contributed by atoms with Gasteiger partial charge in [-0.2, -0.15) is 8.42 Å². The topological polar surface area (TPSA) is 155 Å². The summed E-state index contributed by atoms with van der Waals surface area (Å²) in [5.74, 6) is -3.65. The van der Waals surface area contributed by atoms with Crippen molar-refractivity contribution in [3.05, 3.63) is 24.3 Å². The van der Waals surface area contributed by atoms with E-state index in [9.17, 15) is 8.42 Å². The largest absolute Gasteiger partial charge is 0.473 e. The van der Waals surface area contributed by atoms with Gasteiger partial charge in [-0.25, -0.2) is 9.59 Å². The van der Waals surface area contributed by atoms with Gasteiger partial charge in [0.25, 0.3) is 10.1 Å².